The first kappa shape index (κ1) is 14.3. The number of nitrogens with zero attached hydrogens (tertiary/aromatic N) is 2. The zero-order valence-electron chi connectivity index (χ0n) is 11.6. The van der Waals surface area contributed by atoms with Gasteiger partial charge in [-0.3, -0.25) is 15.0 Å². The number of carbonyl (C=O) groups excluding carboxylic acids is 1. The minimum absolute atomic E-state index is 0.237. The van der Waals surface area contributed by atoms with Crippen molar-refractivity contribution in [2.45, 2.75) is 38.4 Å². The average molecular weight is 278 g/mol. The molecule has 1 saturated heterocycles. The fourth-order valence-electron chi connectivity index (χ4n) is 2.67. The molecule has 1 fully saturated rings. The Morgan fingerprint density at radius 3 is 2.65 bits per heavy atom. The number of hydrogen-bond donors (Lipinski definition) is 0. The summed E-state index contributed by atoms with van der Waals surface area (Å²) >= 11 is 0. The highest BCUT2D eigenvalue weighted by Crippen LogP contribution is 2.31. The van der Waals surface area contributed by atoms with Gasteiger partial charge in [0.1, 0.15) is 12.6 Å². The summed E-state index contributed by atoms with van der Waals surface area (Å²) in [4.78, 5) is 24.2. The van der Waals surface area contributed by atoms with Crippen LogP contribution in [0, 0.1) is 10.1 Å². The SMILES string of the molecule is CC[C@@H]([C@H](C)N1C(=O)OC[C@H]1c1ccccc1)[N+](=O)[O-]. The van der Waals surface area contributed by atoms with Crippen molar-refractivity contribution in [1.29, 1.82) is 0 Å². The second kappa shape index (κ2) is 5.90. The molecule has 1 aliphatic heterocycles. The molecular weight excluding hydrogens is 260 g/mol. The first-order chi connectivity index (χ1) is 9.56. The number of cyclic esters (lactones) is 1. The quantitative estimate of drug-likeness (QED) is 0.613. The average Bonchev–Trinajstić information content (AvgIpc) is 2.82. The predicted molar refractivity (Wildman–Crippen MR) is 72.9 cm³/mol. The molecule has 0 aromatic heterocycles. The van der Waals surface area contributed by atoms with Crippen molar-refractivity contribution in [3.8, 4) is 0 Å². The van der Waals surface area contributed by atoms with E-state index in [9.17, 15) is 14.9 Å². The Kier molecular flexibility index (Phi) is 4.22. The van der Waals surface area contributed by atoms with Crippen LogP contribution >= 0.6 is 0 Å². The van der Waals surface area contributed by atoms with Crippen LogP contribution in [0.1, 0.15) is 31.9 Å². The van der Waals surface area contributed by atoms with Gasteiger partial charge in [-0.1, -0.05) is 37.3 Å². The number of benzene rings is 1. The van der Waals surface area contributed by atoms with E-state index in [1.165, 1.54) is 4.90 Å². The Balaban J connectivity index is 2.27. The predicted octanol–water partition coefficient (Wildman–Crippen LogP) is 2.62. The molecule has 3 atom stereocenters. The van der Waals surface area contributed by atoms with Gasteiger partial charge in [0.15, 0.2) is 0 Å². The van der Waals surface area contributed by atoms with E-state index in [1.54, 1.807) is 13.8 Å². The normalized spacial score (nSPS) is 21.4. The minimum atomic E-state index is -0.785. The van der Waals surface area contributed by atoms with Crippen molar-refractivity contribution in [2.24, 2.45) is 0 Å². The third-order valence-electron chi connectivity index (χ3n) is 3.78. The molecule has 1 aliphatic rings. The van der Waals surface area contributed by atoms with E-state index in [1.807, 2.05) is 30.3 Å². The maximum Gasteiger partial charge on any atom is 0.410 e. The second-order valence-electron chi connectivity index (χ2n) is 4.91. The largest absolute Gasteiger partial charge is 0.447 e. The van der Waals surface area contributed by atoms with Crippen molar-refractivity contribution in [3.05, 3.63) is 46.0 Å². The molecule has 20 heavy (non-hydrogen) atoms. The molecule has 6 heteroatoms. The van der Waals surface area contributed by atoms with E-state index in [-0.39, 0.29) is 17.6 Å². The molecule has 1 aromatic rings. The van der Waals surface area contributed by atoms with Gasteiger partial charge in [-0.25, -0.2) is 4.79 Å². The smallest absolute Gasteiger partial charge is 0.410 e. The zero-order valence-corrected chi connectivity index (χ0v) is 11.6. The number of hydrogen-bond acceptors (Lipinski definition) is 4. The van der Waals surface area contributed by atoms with Gasteiger partial charge >= 0.3 is 6.09 Å². The minimum Gasteiger partial charge on any atom is -0.447 e. The Morgan fingerprint density at radius 1 is 1.45 bits per heavy atom. The van der Waals surface area contributed by atoms with Crippen LogP contribution in [0.3, 0.4) is 0 Å². The summed E-state index contributed by atoms with van der Waals surface area (Å²) in [6.45, 7) is 3.70. The molecule has 0 aliphatic carbocycles. The van der Waals surface area contributed by atoms with Crippen LogP contribution in [-0.2, 0) is 4.74 Å². The lowest BCUT2D eigenvalue weighted by Crippen LogP contribution is -2.46. The van der Waals surface area contributed by atoms with Gasteiger partial charge in [0.25, 0.3) is 0 Å². The molecule has 1 heterocycles. The Hall–Kier alpha value is -2.11. The van der Waals surface area contributed by atoms with Gasteiger partial charge in [-0.2, -0.15) is 0 Å². The number of ether oxygens (including phenoxy) is 1. The van der Waals surface area contributed by atoms with E-state index in [0.717, 1.165) is 5.56 Å². The van der Waals surface area contributed by atoms with Crippen molar-refractivity contribution >= 4 is 6.09 Å². The first-order valence-electron chi connectivity index (χ1n) is 6.69. The zero-order chi connectivity index (χ0) is 14.7. The van der Waals surface area contributed by atoms with Gasteiger partial charge in [-0.05, 0) is 12.5 Å². The summed E-state index contributed by atoms with van der Waals surface area (Å²) in [5, 5.41) is 11.1. The lowest BCUT2D eigenvalue weighted by atomic mass is 10.0. The molecule has 1 aromatic carbocycles. The molecule has 0 bridgehead atoms. The summed E-state index contributed by atoms with van der Waals surface area (Å²) in [7, 11) is 0. The molecule has 0 N–H and O–H groups in total. The van der Waals surface area contributed by atoms with E-state index in [4.69, 9.17) is 4.74 Å². The molecule has 6 nitrogen and oxygen atoms in total. The number of rotatable bonds is 5. The van der Waals surface area contributed by atoms with E-state index in [0.29, 0.717) is 6.42 Å². The summed E-state index contributed by atoms with van der Waals surface area (Å²) in [6, 6.07) is 7.91. The van der Waals surface area contributed by atoms with Crippen molar-refractivity contribution < 1.29 is 14.5 Å². The molecule has 0 saturated carbocycles. The van der Waals surface area contributed by atoms with E-state index >= 15 is 0 Å². The number of nitro groups is 1. The fraction of sp³-hybridized carbons (Fsp3) is 0.500. The second-order valence-corrected chi connectivity index (χ2v) is 4.91. The molecule has 2 rings (SSSR count). The fourth-order valence-corrected chi connectivity index (χ4v) is 2.67. The van der Waals surface area contributed by atoms with E-state index in [2.05, 4.69) is 0 Å². The summed E-state index contributed by atoms with van der Waals surface area (Å²) in [5.74, 6) is 0. The van der Waals surface area contributed by atoms with Gasteiger partial charge in [0.2, 0.25) is 6.04 Å². The van der Waals surface area contributed by atoms with Gasteiger partial charge < -0.3 is 4.74 Å². The molecular formula is C14H18N2O4. The highest BCUT2D eigenvalue weighted by molar-refractivity contribution is 5.71. The van der Waals surface area contributed by atoms with Gasteiger partial charge in [0.05, 0.1) is 6.04 Å². The molecule has 108 valence electrons. The standard InChI is InChI=1S/C14H18N2O4/c1-3-12(16(18)19)10(2)15-13(9-20-14(15)17)11-7-5-4-6-8-11/h4-8,10,12-13H,3,9H2,1-2H3/t10-,12-,13-/m0/s1. The summed E-state index contributed by atoms with van der Waals surface area (Å²) in [6.07, 6.45) is -0.105. The third kappa shape index (κ3) is 2.59. The Labute approximate surface area is 117 Å². The lowest BCUT2D eigenvalue weighted by molar-refractivity contribution is -0.529. The lowest BCUT2D eigenvalue weighted by Gasteiger charge is -2.29. The van der Waals surface area contributed by atoms with Crippen LogP contribution in [0.15, 0.2) is 30.3 Å². The van der Waals surface area contributed by atoms with Gasteiger partial charge in [-0.15, -0.1) is 0 Å². The number of carbonyl (C=O) groups is 1. The highest BCUT2D eigenvalue weighted by Gasteiger charge is 2.43. The Bertz CT molecular complexity index is 491. The maximum absolute atomic E-state index is 11.9. The monoisotopic (exact) mass is 278 g/mol. The van der Waals surface area contributed by atoms with E-state index < -0.39 is 18.2 Å². The van der Waals surface area contributed by atoms with Crippen LogP contribution in [0.25, 0.3) is 0 Å². The van der Waals surface area contributed by atoms with Crippen LogP contribution < -0.4 is 0 Å². The maximum atomic E-state index is 11.9. The number of amides is 1. The van der Waals surface area contributed by atoms with Crippen molar-refractivity contribution in [3.63, 3.8) is 0 Å². The van der Waals surface area contributed by atoms with Crippen molar-refractivity contribution in [1.82, 2.24) is 4.90 Å². The van der Waals surface area contributed by atoms with Crippen LogP contribution in [0.4, 0.5) is 4.79 Å². The topological polar surface area (TPSA) is 72.7 Å². The van der Waals surface area contributed by atoms with Crippen LogP contribution in [-0.4, -0.2) is 34.6 Å². The molecule has 0 spiro atoms. The summed E-state index contributed by atoms with van der Waals surface area (Å²) in [5.41, 5.74) is 0.934. The third-order valence-corrected chi connectivity index (χ3v) is 3.78. The highest BCUT2D eigenvalue weighted by atomic mass is 16.6. The van der Waals surface area contributed by atoms with Gasteiger partial charge in [0, 0.05) is 11.3 Å². The molecule has 1 amide bonds. The first-order valence-corrected chi connectivity index (χ1v) is 6.69. The molecule has 0 radical (unpaired) electrons. The van der Waals surface area contributed by atoms with Crippen LogP contribution in [0.5, 0.6) is 0 Å². The van der Waals surface area contributed by atoms with Crippen molar-refractivity contribution in [2.75, 3.05) is 6.61 Å². The van der Waals surface area contributed by atoms with Crippen LogP contribution in [0.2, 0.25) is 0 Å². The Morgan fingerprint density at radius 2 is 2.10 bits per heavy atom. The summed E-state index contributed by atoms with van der Waals surface area (Å²) < 4.78 is 5.09. The molecule has 0 unspecified atom stereocenters.